The summed E-state index contributed by atoms with van der Waals surface area (Å²) in [5, 5.41) is 23.1. The first kappa shape index (κ1) is 13.7. The number of amides is 1. The average Bonchev–Trinajstić information content (AvgIpc) is 2.79. The molecule has 1 aliphatic heterocycles. The van der Waals surface area contributed by atoms with Gasteiger partial charge in [-0.2, -0.15) is 0 Å². The predicted octanol–water partition coefficient (Wildman–Crippen LogP) is 2.52. The number of carbonyl (C=O) groups excluding carboxylic acids is 1. The number of hydrogen-bond donors (Lipinski definition) is 2. The minimum atomic E-state index is -0.626. The number of phenolic OH excluding ortho intramolecular Hbond substituents is 1. The summed E-state index contributed by atoms with van der Waals surface area (Å²) in [5.41, 5.74) is -0.439. The largest absolute Gasteiger partial charge is 0.505 e. The van der Waals surface area contributed by atoms with Gasteiger partial charge in [0.25, 0.3) is 5.69 Å². The Hall–Kier alpha value is -1.76. The Kier molecular flexibility index (Phi) is 3.66. The number of benzene rings is 1. The number of thioether (sulfide) groups is 1. The normalized spacial score (nSPS) is 22.2. The zero-order valence-electron chi connectivity index (χ0n) is 10.4. The molecule has 0 aromatic heterocycles. The number of hydrogen-bond acceptors (Lipinski definition) is 5. The molecule has 1 heterocycles. The fourth-order valence-electron chi connectivity index (χ4n) is 2.01. The van der Waals surface area contributed by atoms with E-state index >= 15 is 0 Å². The number of nitrogens with zero attached hydrogens (tertiary/aromatic N) is 1. The van der Waals surface area contributed by atoms with E-state index in [-0.39, 0.29) is 23.0 Å². The molecule has 1 fully saturated rings. The van der Waals surface area contributed by atoms with Crippen LogP contribution in [0.1, 0.15) is 19.8 Å². The van der Waals surface area contributed by atoms with E-state index in [2.05, 4.69) is 5.32 Å². The smallest absolute Gasteiger partial charge is 0.296 e. The fraction of sp³-hybridized carbons (Fsp3) is 0.417. The van der Waals surface area contributed by atoms with Crippen molar-refractivity contribution in [3.8, 4) is 5.75 Å². The van der Waals surface area contributed by atoms with Gasteiger partial charge in [-0.3, -0.25) is 14.9 Å². The Balaban J connectivity index is 2.28. The zero-order valence-corrected chi connectivity index (χ0v) is 11.2. The Morgan fingerprint density at radius 2 is 2.32 bits per heavy atom. The van der Waals surface area contributed by atoms with E-state index in [1.165, 1.54) is 30.0 Å². The summed E-state index contributed by atoms with van der Waals surface area (Å²) < 4.78 is -0.587. The maximum atomic E-state index is 12.2. The molecule has 1 atom stereocenters. The minimum Gasteiger partial charge on any atom is -0.505 e. The molecule has 1 aromatic carbocycles. The summed E-state index contributed by atoms with van der Waals surface area (Å²) in [7, 11) is 0. The lowest BCUT2D eigenvalue weighted by molar-refractivity contribution is -0.384. The number of aromatic hydroxyl groups is 1. The van der Waals surface area contributed by atoms with Gasteiger partial charge >= 0.3 is 0 Å². The van der Waals surface area contributed by atoms with Crippen molar-refractivity contribution in [2.75, 3.05) is 11.1 Å². The second kappa shape index (κ2) is 5.08. The standard InChI is InChI=1S/C12H14N2O4S/c1-12(6-3-7-19-12)11(16)13-10-8(14(17)18)4-2-5-9(10)15/h2,4-5,15H,3,6-7H2,1H3,(H,13,16). The van der Waals surface area contributed by atoms with Crippen molar-refractivity contribution in [3.63, 3.8) is 0 Å². The van der Waals surface area contributed by atoms with Crippen molar-refractivity contribution in [2.24, 2.45) is 0 Å². The first-order valence-corrected chi connectivity index (χ1v) is 6.84. The van der Waals surface area contributed by atoms with Gasteiger partial charge in [0.15, 0.2) is 5.69 Å². The topological polar surface area (TPSA) is 92.5 Å². The number of nitrogens with one attached hydrogen (secondary N) is 1. The van der Waals surface area contributed by atoms with E-state index < -0.39 is 9.67 Å². The summed E-state index contributed by atoms with van der Waals surface area (Å²) in [6.45, 7) is 1.81. The number of rotatable bonds is 3. The Bertz CT molecular complexity index is 526. The van der Waals surface area contributed by atoms with Gasteiger partial charge < -0.3 is 10.4 Å². The van der Waals surface area contributed by atoms with Crippen LogP contribution in [0.3, 0.4) is 0 Å². The fourth-order valence-corrected chi connectivity index (χ4v) is 3.22. The SMILES string of the molecule is CC1(C(=O)Nc2c(O)cccc2[N+](=O)[O-])CCCS1. The zero-order chi connectivity index (χ0) is 14.0. The third-order valence-corrected chi connectivity index (χ3v) is 4.67. The molecule has 102 valence electrons. The Morgan fingerprint density at radius 1 is 1.58 bits per heavy atom. The van der Waals surface area contributed by atoms with Crippen LogP contribution in [0, 0.1) is 10.1 Å². The maximum absolute atomic E-state index is 12.2. The summed E-state index contributed by atoms with van der Waals surface area (Å²) in [4.78, 5) is 22.5. The van der Waals surface area contributed by atoms with Crippen LogP contribution in [0.15, 0.2) is 18.2 Å². The first-order valence-electron chi connectivity index (χ1n) is 5.86. The molecule has 0 spiro atoms. The summed E-state index contributed by atoms with van der Waals surface area (Å²) >= 11 is 1.53. The van der Waals surface area contributed by atoms with Crippen molar-refractivity contribution in [2.45, 2.75) is 24.5 Å². The lowest BCUT2D eigenvalue weighted by Gasteiger charge is -2.21. The molecular formula is C12H14N2O4S. The van der Waals surface area contributed by atoms with Crippen LogP contribution in [-0.2, 0) is 4.79 Å². The van der Waals surface area contributed by atoms with Crippen LogP contribution in [0.2, 0.25) is 0 Å². The van der Waals surface area contributed by atoms with Gasteiger partial charge in [0.05, 0.1) is 9.67 Å². The molecule has 7 heteroatoms. The molecule has 1 amide bonds. The monoisotopic (exact) mass is 282 g/mol. The van der Waals surface area contributed by atoms with Crippen molar-refractivity contribution in [3.05, 3.63) is 28.3 Å². The molecule has 0 bridgehead atoms. The first-order chi connectivity index (χ1) is 8.94. The molecule has 0 saturated carbocycles. The van der Waals surface area contributed by atoms with E-state index in [4.69, 9.17) is 0 Å². The van der Waals surface area contributed by atoms with E-state index in [1.54, 1.807) is 0 Å². The third-order valence-electron chi connectivity index (χ3n) is 3.15. The molecule has 19 heavy (non-hydrogen) atoms. The average molecular weight is 282 g/mol. The molecular weight excluding hydrogens is 268 g/mol. The third kappa shape index (κ3) is 2.65. The number of anilines is 1. The Labute approximate surface area is 114 Å². The van der Waals surface area contributed by atoms with Gasteiger partial charge in [0.1, 0.15) is 5.75 Å². The molecule has 0 aliphatic carbocycles. The van der Waals surface area contributed by atoms with Gasteiger partial charge in [0.2, 0.25) is 5.91 Å². The van der Waals surface area contributed by atoms with E-state index in [0.717, 1.165) is 18.6 Å². The number of carbonyl (C=O) groups is 1. The van der Waals surface area contributed by atoms with E-state index in [0.29, 0.717) is 0 Å². The van der Waals surface area contributed by atoms with Crippen molar-refractivity contribution >= 4 is 29.0 Å². The van der Waals surface area contributed by atoms with E-state index in [1.807, 2.05) is 6.92 Å². The second-order valence-corrected chi connectivity index (χ2v) is 6.16. The van der Waals surface area contributed by atoms with Crippen LogP contribution in [0.25, 0.3) is 0 Å². The highest BCUT2D eigenvalue weighted by molar-refractivity contribution is 8.01. The van der Waals surface area contributed by atoms with Gasteiger partial charge in [-0.05, 0) is 31.6 Å². The summed E-state index contributed by atoms with van der Waals surface area (Å²) in [6.07, 6.45) is 1.67. The van der Waals surface area contributed by atoms with Gasteiger partial charge in [-0.1, -0.05) is 6.07 Å². The molecule has 1 unspecified atom stereocenters. The van der Waals surface area contributed by atoms with E-state index in [9.17, 15) is 20.0 Å². The number of phenols is 1. The van der Waals surface area contributed by atoms with Crippen LogP contribution in [0.4, 0.5) is 11.4 Å². The number of nitro benzene ring substituents is 1. The Morgan fingerprint density at radius 3 is 2.89 bits per heavy atom. The van der Waals surface area contributed by atoms with Crippen LogP contribution in [0.5, 0.6) is 5.75 Å². The lowest BCUT2D eigenvalue weighted by Crippen LogP contribution is -2.34. The molecule has 2 N–H and O–H groups in total. The predicted molar refractivity (Wildman–Crippen MR) is 73.5 cm³/mol. The summed E-state index contributed by atoms with van der Waals surface area (Å²) in [5.74, 6) is 0.293. The lowest BCUT2D eigenvalue weighted by atomic mass is 10.0. The number of para-hydroxylation sites is 1. The molecule has 0 radical (unpaired) electrons. The van der Waals surface area contributed by atoms with Gasteiger partial charge in [-0.25, -0.2) is 0 Å². The molecule has 1 aliphatic rings. The van der Waals surface area contributed by atoms with Gasteiger partial charge in [0, 0.05) is 6.07 Å². The summed E-state index contributed by atoms with van der Waals surface area (Å²) in [6, 6.07) is 3.93. The van der Waals surface area contributed by atoms with Crippen LogP contribution in [-0.4, -0.2) is 26.4 Å². The molecule has 1 aromatic rings. The molecule has 1 saturated heterocycles. The second-order valence-electron chi connectivity index (χ2n) is 4.57. The van der Waals surface area contributed by atoms with Crippen LogP contribution < -0.4 is 5.32 Å². The van der Waals surface area contributed by atoms with Crippen molar-refractivity contribution in [1.29, 1.82) is 0 Å². The molecule has 2 rings (SSSR count). The highest BCUT2D eigenvalue weighted by Gasteiger charge is 2.38. The maximum Gasteiger partial charge on any atom is 0.296 e. The van der Waals surface area contributed by atoms with Gasteiger partial charge in [-0.15, -0.1) is 11.8 Å². The van der Waals surface area contributed by atoms with Crippen molar-refractivity contribution in [1.82, 2.24) is 0 Å². The molecule has 6 nitrogen and oxygen atoms in total. The van der Waals surface area contributed by atoms with Crippen LogP contribution >= 0.6 is 11.8 Å². The number of nitro groups is 1. The minimum absolute atomic E-state index is 0.133. The quantitative estimate of drug-likeness (QED) is 0.505. The highest BCUT2D eigenvalue weighted by atomic mass is 32.2. The highest BCUT2D eigenvalue weighted by Crippen LogP contribution is 2.40. The van der Waals surface area contributed by atoms with Crippen molar-refractivity contribution < 1.29 is 14.8 Å².